The predicted molar refractivity (Wildman–Crippen MR) is 108 cm³/mol. The van der Waals surface area contributed by atoms with Crippen LogP contribution < -0.4 is 10.4 Å². The second kappa shape index (κ2) is 6.30. The van der Waals surface area contributed by atoms with Crippen molar-refractivity contribution in [2.24, 2.45) is 0 Å². The zero-order chi connectivity index (χ0) is 21.4. The van der Waals surface area contributed by atoms with Crippen LogP contribution in [-0.2, 0) is 19.8 Å². The SMILES string of the molecule is COc1cc(=O)oc([C@@]2(C)O[C@H]2/C(C)=C\C(C)=C\[C@@]2(C)O[C@@H](C)[C@]3(C)O[C@H]32)c1C. The van der Waals surface area contributed by atoms with E-state index in [-0.39, 0.29) is 23.9 Å². The van der Waals surface area contributed by atoms with Gasteiger partial charge >= 0.3 is 5.63 Å². The predicted octanol–water partition coefficient (Wildman–Crippen LogP) is 3.80. The minimum atomic E-state index is -0.681. The fraction of sp³-hybridized carbons (Fsp3) is 0.609. The van der Waals surface area contributed by atoms with Crippen molar-refractivity contribution in [1.29, 1.82) is 0 Å². The summed E-state index contributed by atoms with van der Waals surface area (Å²) in [6.45, 7) is 14.1. The van der Waals surface area contributed by atoms with Crippen molar-refractivity contribution in [3.05, 3.63) is 51.1 Å². The molecular weight excluding hydrogens is 372 g/mol. The van der Waals surface area contributed by atoms with Gasteiger partial charge < -0.3 is 23.4 Å². The number of hydrogen-bond donors (Lipinski definition) is 0. The first-order valence-electron chi connectivity index (χ1n) is 10.0. The van der Waals surface area contributed by atoms with Gasteiger partial charge in [-0.3, -0.25) is 0 Å². The molecule has 6 heteroatoms. The third kappa shape index (κ3) is 3.09. The van der Waals surface area contributed by atoms with Gasteiger partial charge in [0.15, 0.2) is 5.60 Å². The maximum Gasteiger partial charge on any atom is 0.339 e. The molecule has 158 valence electrons. The molecular formula is C23H30O6. The smallest absolute Gasteiger partial charge is 0.339 e. The van der Waals surface area contributed by atoms with E-state index in [1.807, 2.05) is 20.8 Å². The Hall–Kier alpha value is -1.89. The number of epoxide rings is 2. The molecule has 0 amide bonds. The second-order valence-corrected chi connectivity index (χ2v) is 9.10. The minimum absolute atomic E-state index is 0.0700. The first-order chi connectivity index (χ1) is 13.4. The number of allylic oxidation sites excluding steroid dienone is 2. The molecule has 0 spiro atoms. The molecule has 0 aliphatic carbocycles. The van der Waals surface area contributed by atoms with Crippen LogP contribution in [0.4, 0.5) is 0 Å². The van der Waals surface area contributed by atoms with Crippen molar-refractivity contribution in [3.8, 4) is 5.75 Å². The Bertz CT molecular complexity index is 974. The van der Waals surface area contributed by atoms with Crippen LogP contribution in [0.5, 0.6) is 5.75 Å². The summed E-state index contributed by atoms with van der Waals surface area (Å²) in [5.74, 6) is 1.03. The molecule has 3 saturated heterocycles. The molecule has 0 bridgehead atoms. The van der Waals surface area contributed by atoms with E-state index in [1.165, 1.54) is 6.07 Å². The maximum atomic E-state index is 11.9. The molecule has 4 heterocycles. The Kier molecular flexibility index (Phi) is 4.43. The molecule has 3 fully saturated rings. The average Bonchev–Trinajstić information content (AvgIpc) is 3.50. The van der Waals surface area contributed by atoms with Gasteiger partial charge in [-0.25, -0.2) is 4.79 Å². The highest BCUT2D eigenvalue weighted by atomic mass is 16.7. The van der Waals surface area contributed by atoms with Crippen LogP contribution in [0, 0.1) is 6.92 Å². The molecule has 3 aliphatic rings. The summed E-state index contributed by atoms with van der Waals surface area (Å²) in [5, 5.41) is 0. The monoisotopic (exact) mass is 402 g/mol. The van der Waals surface area contributed by atoms with Crippen LogP contribution in [0.15, 0.2) is 38.6 Å². The summed E-state index contributed by atoms with van der Waals surface area (Å²) >= 11 is 0. The van der Waals surface area contributed by atoms with Gasteiger partial charge in [0.25, 0.3) is 0 Å². The molecule has 6 atom stereocenters. The fourth-order valence-electron chi connectivity index (χ4n) is 4.94. The Morgan fingerprint density at radius 3 is 2.41 bits per heavy atom. The van der Waals surface area contributed by atoms with Crippen molar-refractivity contribution < 1.29 is 23.4 Å². The number of ether oxygens (including phenoxy) is 4. The van der Waals surface area contributed by atoms with Gasteiger partial charge in [-0.2, -0.15) is 0 Å². The summed E-state index contributed by atoms with van der Waals surface area (Å²) in [7, 11) is 1.54. The van der Waals surface area contributed by atoms with Gasteiger partial charge in [0.2, 0.25) is 0 Å². The number of hydrogen-bond acceptors (Lipinski definition) is 6. The lowest BCUT2D eigenvalue weighted by molar-refractivity contribution is -0.0719. The molecule has 0 aromatic carbocycles. The zero-order valence-electron chi connectivity index (χ0n) is 18.4. The van der Waals surface area contributed by atoms with Gasteiger partial charge in [0.1, 0.15) is 34.9 Å². The molecule has 1 aromatic rings. The summed E-state index contributed by atoms with van der Waals surface area (Å²) in [6, 6.07) is 1.35. The van der Waals surface area contributed by atoms with Crippen molar-refractivity contribution in [1.82, 2.24) is 0 Å². The molecule has 4 rings (SSSR count). The lowest BCUT2D eigenvalue weighted by Crippen LogP contribution is -2.30. The van der Waals surface area contributed by atoms with Crippen molar-refractivity contribution in [2.45, 2.75) is 83.6 Å². The molecule has 3 aliphatic heterocycles. The van der Waals surface area contributed by atoms with Crippen molar-refractivity contribution in [3.63, 3.8) is 0 Å². The maximum absolute atomic E-state index is 11.9. The van der Waals surface area contributed by atoms with E-state index in [9.17, 15) is 4.79 Å². The van der Waals surface area contributed by atoms with E-state index < -0.39 is 16.8 Å². The topological polar surface area (TPSA) is 73.7 Å². The largest absolute Gasteiger partial charge is 0.496 e. The highest BCUT2D eigenvalue weighted by Gasteiger charge is 2.71. The molecule has 0 radical (unpaired) electrons. The molecule has 0 N–H and O–H groups in total. The number of rotatable bonds is 5. The number of methoxy groups -OCH3 is 1. The molecule has 29 heavy (non-hydrogen) atoms. The van der Waals surface area contributed by atoms with E-state index in [1.54, 1.807) is 7.11 Å². The van der Waals surface area contributed by atoms with Gasteiger partial charge in [-0.1, -0.05) is 11.6 Å². The lowest BCUT2D eigenvalue weighted by atomic mass is 9.92. The normalized spacial score (nSPS) is 41.3. The summed E-state index contributed by atoms with van der Waals surface area (Å²) < 4.78 is 28.9. The average molecular weight is 402 g/mol. The minimum Gasteiger partial charge on any atom is -0.496 e. The van der Waals surface area contributed by atoms with E-state index in [0.29, 0.717) is 11.5 Å². The van der Waals surface area contributed by atoms with E-state index in [0.717, 1.165) is 16.7 Å². The summed E-state index contributed by atoms with van der Waals surface area (Å²) in [5.41, 5.74) is 1.19. The Morgan fingerprint density at radius 1 is 1.17 bits per heavy atom. The third-order valence-corrected chi connectivity index (χ3v) is 6.62. The van der Waals surface area contributed by atoms with Gasteiger partial charge in [0, 0.05) is 5.56 Å². The summed E-state index contributed by atoms with van der Waals surface area (Å²) in [6.07, 6.45) is 4.22. The first kappa shape index (κ1) is 20.4. The Labute approximate surface area is 171 Å². The lowest BCUT2D eigenvalue weighted by Gasteiger charge is -2.24. The quantitative estimate of drug-likeness (QED) is 0.551. The van der Waals surface area contributed by atoms with Crippen molar-refractivity contribution >= 4 is 0 Å². The van der Waals surface area contributed by atoms with E-state index in [4.69, 9.17) is 23.4 Å². The van der Waals surface area contributed by atoms with E-state index >= 15 is 0 Å². The fourth-order valence-corrected chi connectivity index (χ4v) is 4.94. The Morgan fingerprint density at radius 2 is 1.86 bits per heavy atom. The highest BCUT2D eigenvalue weighted by Crippen LogP contribution is 2.56. The van der Waals surface area contributed by atoms with Crippen LogP contribution >= 0.6 is 0 Å². The first-order valence-corrected chi connectivity index (χ1v) is 10.0. The second-order valence-electron chi connectivity index (χ2n) is 9.10. The van der Waals surface area contributed by atoms with Gasteiger partial charge in [0.05, 0.1) is 19.3 Å². The van der Waals surface area contributed by atoms with Crippen LogP contribution in [-0.4, -0.2) is 36.6 Å². The van der Waals surface area contributed by atoms with Crippen LogP contribution in [0.3, 0.4) is 0 Å². The molecule has 6 nitrogen and oxygen atoms in total. The third-order valence-electron chi connectivity index (χ3n) is 6.62. The van der Waals surface area contributed by atoms with Gasteiger partial charge in [-0.05, 0) is 60.1 Å². The Balaban J connectivity index is 1.56. The van der Waals surface area contributed by atoms with E-state index in [2.05, 4.69) is 39.8 Å². The zero-order valence-corrected chi connectivity index (χ0v) is 18.4. The van der Waals surface area contributed by atoms with Crippen LogP contribution in [0.25, 0.3) is 0 Å². The standard InChI is InChI=1S/C23H30O6/c1-12(11-21(5)20-22(6,29-20)15(4)27-21)9-13(2)18-23(7,28-18)19-14(3)16(25-8)10-17(24)26-19/h9-11,15,18,20H,1-8H3/b12-11+,13-9-/t15-,18-,20-,21+,22-,23-/m0/s1. The number of fused-ring (bicyclic) bond motifs is 1. The highest BCUT2D eigenvalue weighted by molar-refractivity contribution is 5.41. The molecule has 1 aromatic heterocycles. The summed E-state index contributed by atoms with van der Waals surface area (Å²) in [4.78, 5) is 11.9. The molecule has 0 unspecified atom stereocenters. The van der Waals surface area contributed by atoms with Crippen molar-refractivity contribution in [2.75, 3.05) is 7.11 Å². The van der Waals surface area contributed by atoms with Gasteiger partial charge in [-0.15, -0.1) is 0 Å². The van der Waals surface area contributed by atoms with Crippen LogP contribution in [0.2, 0.25) is 0 Å². The van der Waals surface area contributed by atoms with Crippen LogP contribution in [0.1, 0.15) is 52.9 Å². The molecule has 0 saturated carbocycles.